The number of nitrogens with zero attached hydrogens (tertiary/aromatic N) is 2. The lowest BCUT2D eigenvalue weighted by Crippen LogP contribution is -2.37. The van der Waals surface area contributed by atoms with E-state index in [1.165, 1.54) is 48.5 Å². The van der Waals surface area contributed by atoms with Gasteiger partial charge in [-0.3, -0.25) is 18.2 Å². The van der Waals surface area contributed by atoms with Crippen LogP contribution in [0.15, 0.2) is 94.7 Å². The molecule has 0 bridgehead atoms. The van der Waals surface area contributed by atoms with E-state index in [0.717, 1.165) is 19.7 Å². The third-order valence-corrected chi connectivity index (χ3v) is 9.74. The van der Waals surface area contributed by atoms with Crippen LogP contribution in [0.5, 0.6) is 0 Å². The number of carboxylic acids is 2. The first-order chi connectivity index (χ1) is 18.8. The summed E-state index contributed by atoms with van der Waals surface area (Å²) in [6.07, 6.45) is 0. The van der Waals surface area contributed by atoms with Gasteiger partial charge < -0.3 is 10.2 Å². The van der Waals surface area contributed by atoms with Gasteiger partial charge in [0.2, 0.25) is 0 Å². The summed E-state index contributed by atoms with van der Waals surface area (Å²) in [6, 6.07) is 20.6. The van der Waals surface area contributed by atoms with E-state index in [1.807, 2.05) is 0 Å². The average molecular weight is 583 g/mol. The van der Waals surface area contributed by atoms with Gasteiger partial charge in [0.1, 0.15) is 13.1 Å². The molecule has 0 saturated heterocycles. The van der Waals surface area contributed by atoms with Crippen LogP contribution in [-0.2, 0) is 29.6 Å². The summed E-state index contributed by atoms with van der Waals surface area (Å²) in [7, 11) is -8.72. The lowest BCUT2D eigenvalue weighted by Gasteiger charge is -2.28. The van der Waals surface area contributed by atoms with Crippen molar-refractivity contribution in [3.05, 3.63) is 96.1 Å². The fourth-order valence-electron chi connectivity index (χ4n) is 4.22. The van der Waals surface area contributed by atoms with E-state index in [9.17, 15) is 36.6 Å². The smallest absolute Gasteiger partial charge is 0.324 e. The maximum absolute atomic E-state index is 13.6. The van der Waals surface area contributed by atoms with Crippen molar-refractivity contribution >= 4 is 54.1 Å². The van der Waals surface area contributed by atoms with Gasteiger partial charge in [-0.2, -0.15) is 0 Å². The Morgan fingerprint density at radius 3 is 1.20 bits per heavy atom. The first-order valence-electron chi connectivity index (χ1n) is 12.0. The third-order valence-electron chi connectivity index (χ3n) is 6.19. The second-order valence-corrected chi connectivity index (χ2v) is 12.8. The number of anilines is 2. The second-order valence-electron chi connectivity index (χ2n) is 9.09. The van der Waals surface area contributed by atoms with Gasteiger partial charge in [0.15, 0.2) is 0 Å². The predicted octanol–water partition coefficient (Wildman–Crippen LogP) is 4.02. The molecule has 0 aliphatic heterocycles. The van der Waals surface area contributed by atoms with E-state index in [4.69, 9.17) is 0 Å². The lowest BCUT2D eigenvalue weighted by atomic mass is 10.1. The molecule has 0 aromatic heterocycles. The Morgan fingerprint density at radius 1 is 0.575 bits per heavy atom. The number of fused-ring (bicyclic) bond motifs is 1. The number of aryl methyl sites for hydroxylation is 2. The highest BCUT2D eigenvalue weighted by Crippen LogP contribution is 2.38. The Balaban J connectivity index is 1.95. The van der Waals surface area contributed by atoms with Crippen molar-refractivity contribution in [2.45, 2.75) is 23.6 Å². The average Bonchev–Trinajstić information content (AvgIpc) is 2.90. The molecule has 0 aliphatic carbocycles. The van der Waals surface area contributed by atoms with Gasteiger partial charge in [-0.05, 0) is 50.2 Å². The summed E-state index contributed by atoms with van der Waals surface area (Å²) < 4.78 is 56.0. The van der Waals surface area contributed by atoms with Crippen LogP contribution in [0.2, 0.25) is 0 Å². The van der Waals surface area contributed by atoms with Crippen LogP contribution >= 0.6 is 0 Å². The fraction of sp³-hybridized carbons (Fsp3) is 0.143. The highest BCUT2D eigenvalue weighted by atomic mass is 32.2. The van der Waals surface area contributed by atoms with Crippen molar-refractivity contribution in [2.24, 2.45) is 0 Å². The van der Waals surface area contributed by atoms with Crippen LogP contribution in [0.1, 0.15) is 11.1 Å². The molecule has 4 rings (SSSR count). The molecule has 208 valence electrons. The zero-order valence-corrected chi connectivity index (χ0v) is 23.2. The van der Waals surface area contributed by atoms with E-state index in [0.29, 0.717) is 0 Å². The van der Waals surface area contributed by atoms with Crippen LogP contribution in [-0.4, -0.2) is 52.1 Å². The fourth-order valence-corrected chi connectivity index (χ4v) is 7.09. The number of rotatable bonds is 10. The van der Waals surface area contributed by atoms with Gasteiger partial charge in [-0.25, -0.2) is 16.8 Å². The molecule has 40 heavy (non-hydrogen) atoms. The quantitative estimate of drug-likeness (QED) is 0.285. The van der Waals surface area contributed by atoms with Crippen molar-refractivity contribution in [3.63, 3.8) is 0 Å². The van der Waals surface area contributed by atoms with Crippen molar-refractivity contribution in [1.82, 2.24) is 0 Å². The molecule has 4 aromatic carbocycles. The summed E-state index contributed by atoms with van der Waals surface area (Å²) >= 11 is 0. The van der Waals surface area contributed by atoms with Gasteiger partial charge in [-0.1, -0.05) is 59.7 Å². The van der Waals surface area contributed by atoms with Crippen molar-refractivity contribution in [1.29, 1.82) is 0 Å². The summed E-state index contributed by atoms with van der Waals surface area (Å²) in [5.41, 5.74) is 1.61. The van der Waals surface area contributed by atoms with Crippen LogP contribution < -0.4 is 8.61 Å². The topological polar surface area (TPSA) is 149 Å². The standard InChI is InChI=1S/C28H26N2O8S2/c1-19-7-11-21(12-8-19)39(35,36)29(17-27(31)32)25-15-16-26(24-6-4-3-5-23(24)25)30(18-28(33)34)40(37,38)22-13-9-20(2)10-14-22/h3-16H,17-18H2,1-2H3,(H,31,32)(H,33,34). The first kappa shape index (κ1) is 28.6. The Morgan fingerprint density at radius 2 is 0.900 bits per heavy atom. The van der Waals surface area contributed by atoms with Crippen LogP contribution in [0.4, 0.5) is 11.4 Å². The number of carbonyl (C=O) groups is 2. The van der Waals surface area contributed by atoms with Gasteiger partial charge in [-0.15, -0.1) is 0 Å². The third kappa shape index (κ3) is 5.63. The van der Waals surface area contributed by atoms with Crippen LogP contribution in [0, 0.1) is 13.8 Å². The van der Waals surface area contributed by atoms with Gasteiger partial charge in [0.25, 0.3) is 20.0 Å². The first-order valence-corrected chi connectivity index (χ1v) is 14.8. The minimum Gasteiger partial charge on any atom is -0.480 e. The molecule has 12 heteroatoms. The van der Waals surface area contributed by atoms with E-state index in [2.05, 4.69) is 0 Å². The van der Waals surface area contributed by atoms with Crippen molar-refractivity contribution in [2.75, 3.05) is 21.7 Å². The lowest BCUT2D eigenvalue weighted by molar-refractivity contribution is -0.136. The van der Waals surface area contributed by atoms with Crippen molar-refractivity contribution in [3.8, 4) is 0 Å². The van der Waals surface area contributed by atoms with E-state index < -0.39 is 45.1 Å². The Kier molecular flexibility index (Phi) is 7.85. The SMILES string of the molecule is Cc1ccc(S(=O)(=O)N(CC(=O)O)c2ccc(N(CC(=O)O)S(=O)(=O)c3ccc(C)cc3)c3ccccc23)cc1. The highest BCUT2D eigenvalue weighted by molar-refractivity contribution is 7.93. The van der Waals surface area contributed by atoms with Crippen LogP contribution in [0.25, 0.3) is 10.8 Å². The molecule has 0 fully saturated rings. The molecule has 0 saturated carbocycles. The Bertz CT molecular complexity index is 1670. The largest absolute Gasteiger partial charge is 0.480 e. The minimum absolute atomic E-state index is 0.00895. The maximum atomic E-state index is 13.6. The molecule has 4 aromatic rings. The molecule has 0 atom stereocenters. The zero-order chi connectivity index (χ0) is 29.2. The number of carboxylic acid groups (broad SMARTS) is 2. The normalized spacial score (nSPS) is 11.8. The predicted molar refractivity (Wildman–Crippen MR) is 151 cm³/mol. The van der Waals surface area contributed by atoms with E-state index in [1.54, 1.807) is 50.2 Å². The molecule has 0 unspecified atom stereocenters. The summed E-state index contributed by atoms with van der Waals surface area (Å²) in [4.78, 5) is 23.4. The zero-order valence-electron chi connectivity index (χ0n) is 21.6. The van der Waals surface area contributed by atoms with Gasteiger partial charge in [0.05, 0.1) is 21.2 Å². The highest BCUT2D eigenvalue weighted by Gasteiger charge is 2.32. The van der Waals surface area contributed by atoms with Crippen molar-refractivity contribution < 1.29 is 36.6 Å². The molecular formula is C28H26N2O8S2. The number of benzene rings is 4. The summed E-state index contributed by atoms with van der Waals surface area (Å²) in [6.45, 7) is 1.76. The monoisotopic (exact) mass is 582 g/mol. The number of aliphatic carboxylic acids is 2. The molecule has 10 nitrogen and oxygen atoms in total. The van der Waals surface area contributed by atoms with Gasteiger partial charge in [0, 0.05) is 10.8 Å². The number of hydrogen-bond acceptors (Lipinski definition) is 6. The second kappa shape index (κ2) is 11.0. The van der Waals surface area contributed by atoms with E-state index >= 15 is 0 Å². The molecule has 0 spiro atoms. The molecule has 0 heterocycles. The molecular weight excluding hydrogens is 556 g/mol. The Labute approximate surface area is 231 Å². The number of hydrogen-bond donors (Lipinski definition) is 2. The molecule has 0 radical (unpaired) electrons. The molecule has 2 N–H and O–H groups in total. The van der Waals surface area contributed by atoms with Crippen LogP contribution in [0.3, 0.4) is 0 Å². The molecule has 0 aliphatic rings. The minimum atomic E-state index is -4.36. The van der Waals surface area contributed by atoms with Gasteiger partial charge >= 0.3 is 11.9 Å². The Hall–Kier alpha value is -4.42. The summed E-state index contributed by atoms with van der Waals surface area (Å²) in [5.74, 6) is -2.81. The number of sulfonamides is 2. The molecule has 0 amide bonds. The maximum Gasteiger partial charge on any atom is 0.324 e. The van der Waals surface area contributed by atoms with E-state index in [-0.39, 0.29) is 31.9 Å². The summed E-state index contributed by atoms with van der Waals surface area (Å²) in [5, 5.41) is 19.6.